The fourth-order valence-electron chi connectivity index (χ4n) is 4.95. The van der Waals surface area contributed by atoms with Crippen molar-refractivity contribution in [3.05, 3.63) is 81.3 Å². The summed E-state index contributed by atoms with van der Waals surface area (Å²) >= 11 is 1.42. The summed E-state index contributed by atoms with van der Waals surface area (Å²) < 4.78 is 5.87. The Bertz CT molecular complexity index is 1200. The average Bonchev–Trinajstić information content (AvgIpc) is 3.43. The minimum Gasteiger partial charge on any atom is -0.486 e. The Labute approximate surface area is 236 Å². The Morgan fingerprint density at radius 1 is 0.949 bits per heavy atom. The van der Waals surface area contributed by atoms with Gasteiger partial charge in [-0.3, -0.25) is 9.59 Å². The molecular weight excluding hydrogens is 506 g/mol. The number of unbranched alkanes of at least 4 members (excludes halogenated alkanes) is 2. The number of benzene rings is 2. The van der Waals surface area contributed by atoms with E-state index in [2.05, 4.69) is 60.7 Å². The smallest absolute Gasteiger partial charge is 0.271 e. The number of aromatic nitrogens is 1. The maximum Gasteiger partial charge on any atom is 0.271 e. The molecule has 3 aromatic rings. The van der Waals surface area contributed by atoms with E-state index >= 15 is 0 Å². The molecular formula is C32H41N3O3S. The van der Waals surface area contributed by atoms with Crippen LogP contribution in [0.4, 0.5) is 0 Å². The second kappa shape index (κ2) is 14.3. The summed E-state index contributed by atoms with van der Waals surface area (Å²) in [6.45, 7) is 6.84. The third-order valence-electron chi connectivity index (χ3n) is 7.38. The van der Waals surface area contributed by atoms with Gasteiger partial charge in [-0.15, -0.1) is 11.3 Å². The van der Waals surface area contributed by atoms with Crippen LogP contribution in [0.2, 0.25) is 0 Å². The second-order valence-corrected chi connectivity index (χ2v) is 11.7. The topological polar surface area (TPSA) is 80.3 Å². The monoisotopic (exact) mass is 547 g/mol. The summed E-state index contributed by atoms with van der Waals surface area (Å²) in [5.41, 5.74) is 3.58. The standard InChI is InChI=1S/C32H41N3O3S/c1-4-5-6-9-23-12-14-25(15-13-23)31(36)34-27-10-7-8-11-28(27)35-32(37)29-21-39-30(33-29)20-38-26-18-16-24(17-19-26)22(2)3/h12-19,21-22,27-28H,4-11,20H2,1-3H3,(H,34,36)(H,35,37)/t27-,28+/m0/s1. The number of nitrogens with one attached hydrogen (secondary N) is 2. The van der Waals surface area contributed by atoms with Crippen molar-refractivity contribution in [2.75, 3.05) is 0 Å². The van der Waals surface area contributed by atoms with Crippen LogP contribution in [0.3, 0.4) is 0 Å². The van der Waals surface area contributed by atoms with Gasteiger partial charge >= 0.3 is 0 Å². The van der Waals surface area contributed by atoms with Gasteiger partial charge in [-0.2, -0.15) is 0 Å². The number of ether oxygens (including phenoxy) is 1. The minimum atomic E-state index is -0.207. The van der Waals surface area contributed by atoms with E-state index in [9.17, 15) is 9.59 Å². The van der Waals surface area contributed by atoms with Crippen molar-refractivity contribution in [2.45, 2.75) is 96.7 Å². The molecule has 1 aromatic heterocycles. The molecule has 4 rings (SSSR count). The summed E-state index contributed by atoms with van der Waals surface area (Å²) in [4.78, 5) is 30.5. The lowest BCUT2D eigenvalue weighted by molar-refractivity contribution is 0.0860. The maximum absolute atomic E-state index is 13.0. The van der Waals surface area contributed by atoms with Gasteiger partial charge in [0.15, 0.2) is 0 Å². The molecule has 0 saturated heterocycles. The molecule has 0 radical (unpaired) electrons. The number of carbonyl (C=O) groups excluding carboxylic acids is 2. The average molecular weight is 548 g/mol. The summed E-state index contributed by atoms with van der Waals surface area (Å²) in [7, 11) is 0. The van der Waals surface area contributed by atoms with E-state index in [0.717, 1.165) is 42.9 Å². The first-order chi connectivity index (χ1) is 18.9. The molecule has 1 aliphatic rings. The summed E-state index contributed by atoms with van der Waals surface area (Å²) in [6, 6.07) is 15.8. The molecule has 0 bridgehead atoms. The van der Waals surface area contributed by atoms with Crippen molar-refractivity contribution in [3.8, 4) is 5.75 Å². The van der Waals surface area contributed by atoms with Crippen LogP contribution in [0, 0.1) is 0 Å². The van der Waals surface area contributed by atoms with Crippen molar-refractivity contribution in [2.24, 2.45) is 0 Å². The van der Waals surface area contributed by atoms with Crippen molar-refractivity contribution in [1.29, 1.82) is 0 Å². The third-order valence-corrected chi connectivity index (χ3v) is 8.20. The predicted octanol–water partition coefficient (Wildman–Crippen LogP) is 7.05. The van der Waals surface area contributed by atoms with Gasteiger partial charge in [-0.1, -0.05) is 70.7 Å². The molecule has 1 aliphatic carbocycles. The molecule has 1 fully saturated rings. The molecule has 2 amide bonds. The highest BCUT2D eigenvalue weighted by molar-refractivity contribution is 7.09. The SMILES string of the molecule is CCCCCc1ccc(C(=O)N[C@H]2CCCC[C@H]2NC(=O)c2csc(COc3ccc(C(C)C)cc3)n2)cc1. The number of hydrogen-bond acceptors (Lipinski definition) is 5. The first-order valence-electron chi connectivity index (χ1n) is 14.3. The van der Waals surface area contributed by atoms with Crippen molar-refractivity contribution >= 4 is 23.2 Å². The summed E-state index contributed by atoms with van der Waals surface area (Å²) in [5.74, 6) is 0.965. The molecule has 2 atom stereocenters. The first-order valence-corrected chi connectivity index (χ1v) is 15.2. The molecule has 1 heterocycles. The van der Waals surface area contributed by atoms with Gasteiger partial charge in [-0.25, -0.2) is 4.98 Å². The molecule has 2 aromatic carbocycles. The van der Waals surface area contributed by atoms with Crippen LogP contribution in [0.5, 0.6) is 5.75 Å². The molecule has 2 N–H and O–H groups in total. The van der Waals surface area contributed by atoms with E-state index < -0.39 is 0 Å². The van der Waals surface area contributed by atoms with Crippen molar-refractivity contribution < 1.29 is 14.3 Å². The minimum absolute atomic E-state index is 0.0872. The zero-order chi connectivity index (χ0) is 27.6. The lowest BCUT2D eigenvalue weighted by Crippen LogP contribution is -2.53. The number of hydrogen-bond donors (Lipinski definition) is 2. The van der Waals surface area contributed by atoms with Crippen molar-refractivity contribution in [3.63, 3.8) is 0 Å². The Kier molecular flexibility index (Phi) is 10.5. The van der Waals surface area contributed by atoms with E-state index in [1.54, 1.807) is 5.38 Å². The molecule has 7 heteroatoms. The van der Waals surface area contributed by atoms with E-state index in [-0.39, 0.29) is 23.9 Å². The number of carbonyl (C=O) groups is 2. The lowest BCUT2D eigenvalue weighted by atomic mass is 9.90. The van der Waals surface area contributed by atoms with Crippen LogP contribution in [0.15, 0.2) is 53.9 Å². The maximum atomic E-state index is 13.0. The molecule has 0 spiro atoms. The molecule has 6 nitrogen and oxygen atoms in total. The quantitative estimate of drug-likeness (QED) is 0.238. The highest BCUT2D eigenvalue weighted by Gasteiger charge is 2.29. The number of thiazole rings is 1. The third kappa shape index (κ3) is 8.40. The van der Waals surface area contributed by atoms with E-state index in [0.29, 0.717) is 23.8 Å². The van der Waals surface area contributed by atoms with E-state index in [4.69, 9.17) is 4.74 Å². The van der Waals surface area contributed by atoms with Crippen LogP contribution in [-0.2, 0) is 13.0 Å². The largest absolute Gasteiger partial charge is 0.486 e. The van der Waals surface area contributed by atoms with E-state index in [1.807, 2.05) is 24.3 Å². The van der Waals surface area contributed by atoms with Gasteiger partial charge in [0.1, 0.15) is 23.1 Å². The predicted molar refractivity (Wildman–Crippen MR) is 158 cm³/mol. The first kappa shape index (κ1) is 28.8. The number of nitrogens with zero attached hydrogens (tertiary/aromatic N) is 1. The Morgan fingerprint density at radius 3 is 2.26 bits per heavy atom. The molecule has 1 saturated carbocycles. The number of aryl methyl sites for hydroxylation is 1. The zero-order valence-corrected chi connectivity index (χ0v) is 24.2. The molecule has 0 unspecified atom stereocenters. The Hall–Kier alpha value is -3.19. The highest BCUT2D eigenvalue weighted by atomic mass is 32.1. The van der Waals surface area contributed by atoms with Gasteiger partial charge < -0.3 is 15.4 Å². The fourth-order valence-corrected chi connectivity index (χ4v) is 5.63. The van der Waals surface area contributed by atoms with E-state index in [1.165, 1.54) is 41.7 Å². The number of amides is 2. The van der Waals surface area contributed by atoms with Crippen molar-refractivity contribution in [1.82, 2.24) is 15.6 Å². The van der Waals surface area contributed by atoms with Crippen LogP contribution in [0.1, 0.15) is 109 Å². The Balaban J connectivity index is 1.29. The highest BCUT2D eigenvalue weighted by Crippen LogP contribution is 2.22. The normalized spacial score (nSPS) is 17.1. The fraction of sp³-hybridized carbons (Fsp3) is 0.469. The Morgan fingerprint density at radius 2 is 1.62 bits per heavy atom. The van der Waals surface area contributed by atoms with Gasteiger partial charge in [0.05, 0.1) is 0 Å². The molecule has 208 valence electrons. The number of rotatable bonds is 12. The van der Waals surface area contributed by atoms with Gasteiger partial charge in [0.2, 0.25) is 0 Å². The van der Waals surface area contributed by atoms with Gasteiger partial charge in [0, 0.05) is 23.0 Å². The van der Waals surface area contributed by atoms with Crippen LogP contribution in [-0.4, -0.2) is 28.9 Å². The lowest BCUT2D eigenvalue weighted by Gasteiger charge is -2.32. The van der Waals surface area contributed by atoms with Gasteiger partial charge in [-0.05, 0) is 67.0 Å². The molecule has 0 aliphatic heterocycles. The second-order valence-electron chi connectivity index (χ2n) is 10.7. The van der Waals surface area contributed by atoms with Crippen LogP contribution >= 0.6 is 11.3 Å². The molecule has 39 heavy (non-hydrogen) atoms. The summed E-state index contributed by atoms with van der Waals surface area (Å²) in [5, 5.41) is 8.83. The van der Waals surface area contributed by atoms with Gasteiger partial charge in [0.25, 0.3) is 11.8 Å². The zero-order valence-electron chi connectivity index (χ0n) is 23.4. The summed E-state index contributed by atoms with van der Waals surface area (Å²) in [6.07, 6.45) is 8.37. The van der Waals surface area contributed by atoms with Crippen LogP contribution < -0.4 is 15.4 Å². The van der Waals surface area contributed by atoms with Crippen LogP contribution in [0.25, 0.3) is 0 Å².